The first-order chi connectivity index (χ1) is 12.0. The highest BCUT2D eigenvalue weighted by molar-refractivity contribution is 5.84. The summed E-state index contributed by atoms with van der Waals surface area (Å²) in [5, 5.41) is 9.48. The van der Waals surface area contributed by atoms with Crippen LogP contribution in [-0.4, -0.2) is 65.2 Å². The van der Waals surface area contributed by atoms with E-state index in [1.165, 1.54) is 0 Å². The molecule has 0 bridgehead atoms. The van der Waals surface area contributed by atoms with Crippen LogP contribution in [0.1, 0.15) is 37.2 Å². The fraction of sp³-hybridized carbons (Fsp3) is 0.667. The van der Waals surface area contributed by atoms with Crippen molar-refractivity contribution in [2.24, 2.45) is 0 Å². The lowest BCUT2D eigenvalue weighted by atomic mass is 10.1. The second kappa shape index (κ2) is 7.58. The summed E-state index contributed by atoms with van der Waals surface area (Å²) in [5.41, 5.74) is 0. The van der Waals surface area contributed by atoms with Gasteiger partial charge >= 0.3 is 5.97 Å². The average Bonchev–Trinajstić information content (AvgIpc) is 3.18. The number of amides is 1. The lowest BCUT2D eigenvalue weighted by Gasteiger charge is -2.31. The van der Waals surface area contributed by atoms with E-state index in [-0.39, 0.29) is 18.0 Å². The topological polar surface area (TPSA) is 83.2 Å². The summed E-state index contributed by atoms with van der Waals surface area (Å²) in [5.74, 6) is 0.683. The molecule has 1 aliphatic heterocycles. The highest BCUT2D eigenvalue weighted by Gasteiger charge is 2.49. The number of likely N-dealkylation sites (tertiary alicyclic amines) is 1. The zero-order chi connectivity index (χ0) is 18.0. The summed E-state index contributed by atoms with van der Waals surface area (Å²) in [4.78, 5) is 28.4. The summed E-state index contributed by atoms with van der Waals surface area (Å²) in [7, 11) is 1.60. The van der Waals surface area contributed by atoms with Gasteiger partial charge < -0.3 is 19.2 Å². The first-order valence-electron chi connectivity index (χ1n) is 8.84. The van der Waals surface area contributed by atoms with E-state index in [0.29, 0.717) is 32.5 Å². The normalized spacial score (nSPS) is 23.8. The fourth-order valence-electron chi connectivity index (χ4n) is 3.65. The standard InChI is InChI=1S/C18H26N2O5/c1-12-3-6-14(25-12)11-19(9-10-24-2)17(21)15-7-8-16(18(22)23)20(15)13-4-5-13/h3,6,13,15-16H,4-5,7-11H2,1-2H3,(H,22,23). The van der Waals surface area contributed by atoms with E-state index in [1.54, 1.807) is 12.0 Å². The van der Waals surface area contributed by atoms with Gasteiger partial charge in [0.05, 0.1) is 19.2 Å². The Morgan fingerprint density at radius 2 is 2.00 bits per heavy atom. The SMILES string of the molecule is COCCN(Cc1ccc(C)o1)C(=O)C1CCC(C(=O)O)N1C1CC1. The maximum Gasteiger partial charge on any atom is 0.320 e. The summed E-state index contributed by atoms with van der Waals surface area (Å²) < 4.78 is 10.8. The third-order valence-electron chi connectivity index (χ3n) is 4.99. The third kappa shape index (κ3) is 4.04. The Kier molecular flexibility index (Phi) is 5.44. The molecule has 1 N–H and O–H groups in total. The molecule has 1 aromatic rings. The molecule has 0 spiro atoms. The van der Waals surface area contributed by atoms with Crippen LogP contribution in [0.15, 0.2) is 16.5 Å². The zero-order valence-electron chi connectivity index (χ0n) is 14.8. The Bertz CT molecular complexity index is 625. The molecule has 138 valence electrons. The number of carbonyl (C=O) groups is 2. The van der Waals surface area contributed by atoms with Crippen LogP contribution < -0.4 is 0 Å². The van der Waals surface area contributed by atoms with Gasteiger partial charge in [0.1, 0.15) is 17.6 Å². The van der Waals surface area contributed by atoms with E-state index in [2.05, 4.69) is 0 Å². The number of rotatable bonds is 8. The van der Waals surface area contributed by atoms with Gasteiger partial charge in [-0.15, -0.1) is 0 Å². The minimum Gasteiger partial charge on any atom is -0.480 e. The molecule has 7 heteroatoms. The van der Waals surface area contributed by atoms with Crippen molar-refractivity contribution in [2.75, 3.05) is 20.3 Å². The van der Waals surface area contributed by atoms with Crippen LogP contribution in [0, 0.1) is 6.92 Å². The molecule has 1 amide bonds. The Hall–Kier alpha value is -1.86. The number of carbonyl (C=O) groups excluding carboxylic acids is 1. The van der Waals surface area contributed by atoms with Crippen LogP contribution in [0.25, 0.3) is 0 Å². The van der Waals surface area contributed by atoms with Gasteiger partial charge in [-0.2, -0.15) is 0 Å². The molecule has 7 nitrogen and oxygen atoms in total. The highest BCUT2D eigenvalue weighted by Crippen LogP contribution is 2.38. The number of nitrogens with zero attached hydrogens (tertiary/aromatic N) is 2. The van der Waals surface area contributed by atoms with Gasteiger partial charge in [-0.25, -0.2) is 0 Å². The molecule has 2 aliphatic rings. The van der Waals surface area contributed by atoms with E-state index in [4.69, 9.17) is 9.15 Å². The van der Waals surface area contributed by atoms with Gasteiger partial charge in [-0.05, 0) is 44.7 Å². The van der Waals surface area contributed by atoms with Crippen LogP contribution in [0.4, 0.5) is 0 Å². The molecule has 2 heterocycles. The lowest BCUT2D eigenvalue weighted by Crippen LogP contribution is -2.50. The Morgan fingerprint density at radius 1 is 1.28 bits per heavy atom. The van der Waals surface area contributed by atoms with Crippen molar-refractivity contribution >= 4 is 11.9 Å². The molecule has 1 saturated heterocycles. The van der Waals surface area contributed by atoms with E-state index in [0.717, 1.165) is 24.4 Å². The molecule has 2 atom stereocenters. The number of hydrogen-bond acceptors (Lipinski definition) is 5. The van der Waals surface area contributed by atoms with Gasteiger partial charge in [0.25, 0.3) is 0 Å². The maximum atomic E-state index is 13.2. The first-order valence-corrected chi connectivity index (χ1v) is 8.84. The molecular formula is C18H26N2O5. The van der Waals surface area contributed by atoms with Gasteiger partial charge in [-0.1, -0.05) is 0 Å². The first kappa shape index (κ1) is 17.9. The summed E-state index contributed by atoms with van der Waals surface area (Å²) in [6.45, 7) is 3.14. The zero-order valence-corrected chi connectivity index (χ0v) is 14.8. The minimum atomic E-state index is -0.827. The summed E-state index contributed by atoms with van der Waals surface area (Å²) in [6.07, 6.45) is 3.07. The predicted octanol–water partition coefficient (Wildman–Crippen LogP) is 1.64. The molecule has 25 heavy (non-hydrogen) atoms. The van der Waals surface area contributed by atoms with Crippen molar-refractivity contribution in [3.05, 3.63) is 23.7 Å². The largest absolute Gasteiger partial charge is 0.480 e. The van der Waals surface area contributed by atoms with Gasteiger partial charge in [-0.3, -0.25) is 14.5 Å². The monoisotopic (exact) mass is 350 g/mol. The van der Waals surface area contributed by atoms with Gasteiger partial charge in [0.15, 0.2) is 0 Å². The second-order valence-corrected chi connectivity index (χ2v) is 6.89. The fourth-order valence-corrected chi connectivity index (χ4v) is 3.65. The number of aryl methyl sites for hydroxylation is 1. The number of carboxylic acid groups (broad SMARTS) is 1. The quantitative estimate of drug-likeness (QED) is 0.767. The molecule has 0 radical (unpaired) electrons. The summed E-state index contributed by atoms with van der Waals surface area (Å²) >= 11 is 0. The van der Waals surface area contributed by atoms with Crippen LogP contribution in [0.3, 0.4) is 0 Å². The van der Waals surface area contributed by atoms with E-state index in [1.807, 2.05) is 24.0 Å². The predicted molar refractivity (Wildman–Crippen MR) is 90.0 cm³/mol. The smallest absolute Gasteiger partial charge is 0.320 e. The van der Waals surface area contributed by atoms with E-state index < -0.39 is 12.0 Å². The maximum absolute atomic E-state index is 13.2. The molecule has 1 saturated carbocycles. The van der Waals surface area contributed by atoms with Crippen molar-refractivity contribution in [3.63, 3.8) is 0 Å². The van der Waals surface area contributed by atoms with Crippen LogP contribution >= 0.6 is 0 Å². The number of methoxy groups -OCH3 is 1. The van der Waals surface area contributed by atoms with Gasteiger partial charge in [0.2, 0.25) is 5.91 Å². The van der Waals surface area contributed by atoms with Crippen molar-refractivity contribution in [3.8, 4) is 0 Å². The molecule has 1 aliphatic carbocycles. The Labute approximate surface area is 147 Å². The number of ether oxygens (including phenoxy) is 1. The molecule has 3 rings (SSSR count). The minimum absolute atomic E-state index is 0.0262. The van der Waals surface area contributed by atoms with Crippen LogP contribution in [0.5, 0.6) is 0 Å². The Morgan fingerprint density at radius 3 is 2.56 bits per heavy atom. The number of hydrogen-bond donors (Lipinski definition) is 1. The number of carboxylic acids is 1. The molecule has 1 aromatic heterocycles. The third-order valence-corrected chi connectivity index (χ3v) is 4.99. The van der Waals surface area contributed by atoms with Crippen molar-refractivity contribution in [1.29, 1.82) is 0 Å². The Balaban J connectivity index is 1.75. The van der Waals surface area contributed by atoms with E-state index >= 15 is 0 Å². The van der Waals surface area contributed by atoms with Crippen molar-refractivity contribution in [1.82, 2.24) is 9.80 Å². The van der Waals surface area contributed by atoms with Crippen LogP contribution in [-0.2, 0) is 20.9 Å². The second-order valence-electron chi connectivity index (χ2n) is 6.89. The van der Waals surface area contributed by atoms with E-state index in [9.17, 15) is 14.7 Å². The number of aliphatic carboxylic acids is 1. The van der Waals surface area contributed by atoms with Crippen LogP contribution in [0.2, 0.25) is 0 Å². The molecular weight excluding hydrogens is 324 g/mol. The van der Waals surface area contributed by atoms with Gasteiger partial charge in [0, 0.05) is 19.7 Å². The molecule has 2 unspecified atom stereocenters. The lowest BCUT2D eigenvalue weighted by molar-refractivity contribution is -0.145. The van der Waals surface area contributed by atoms with Crippen molar-refractivity contribution in [2.45, 2.75) is 57.3 Å². The average molecular weight is 350 g/mol. The van der Waals surface area contributed by atoms with Crippen molar-refractivity contribution < 1.29 is 23.8 Å². The highest BCUT2D eigenvalue weighted by atomic mass is 16.5. The number of furan rings is 1. The molecule has 2 fully saturated rings. The summed E-state index contributed by atoms with van der Waals surface area (Å²) in [6, 6.07) is 3.07. The molecule has 0 aromatic carbocycles.